The summed E-state index contributed by atoms with van der Waals surface area (Å²) in [7, 11) is 0. The van der Waals surface area contributed by atoms with Gasteiger partial charge in [0.2, 0.25) is 0 Å². The molecule has 4 heteroatoms. The fourth-order valence-corrected chi connectivity index (χ4v) is 3.90. The Bertz CT molecular complexity index is 611. The topological polar surface area (TPSA) is 33.1 Å². The lowest BCUT2D eigenvalue weighted by Gasteiger charge is -2.14. The lowest BCUT2D eigenvalue weighted by molar-refractivity contribution is 0.311. The second-order valence-corrected chi connectivity index (χ2v) is 6.96. The minimum atomic E-state index is 0.791. The molecule has 0 bridgehead atoms. The van der Waals surface area contributed by atoms with Crippen LogP contribution in [0.25, 0.3) is 0 Å². The minimum Gasteiger partial charge on any atom is -0.311 e. The van der Waals surface area contributed by atoms with E-state index in [1.165, 1.54) is 49.3 Å². The Labute approximate surface area is 138 Å². The maximum atomic E-state index is 4.82. The molecule has 2 aliphatic heterocycles. The fourth-order valence-electron chi connectivity index (χ4n) is 3.90. The smallest absolute Gasteiger partial charge is 0.0768 e. The van der Waals surface area contributed by atoms with Crippen LogP contribution in [0.1, 0.15) is 29.8 Å². The van der Waals surface area contributed by atoms with Crippen molar-refractivity contribution < 1.29 is 0 Å². The normalized spacial score (nSPS) is 22.0. The standard InChI is InChI=1S/C19H26N4/c1-2-5-16(6-3-1)11-17-7-10-22(14-17)15-18-12-19-13-20-8-4-9-23(19)21-18/h1-3,5-6,12,17,20H,4,7-11,13-15H2/t17-/m0/s1. The van der Waals surface area contributed by atoms with Crippen LogP contribution in [0.15, 0.2) is 36.4 Å². The van der Waals surface area contributed by atoms with Gasteiger partial charge in [0.05, 0.1) is 11.4 Å². The van der Waals surface area contributed by atoms with Gasteiger partial charge in [-0.3, -0.25) is 9.58 Å². The molecule has 0 aliphatic carbocycles. The minimum absolute atomic E-state index is 0.791. The van der Waals surface area contributed by atoms with Crippen LogP contribution in [-0.2, 0) is 26.1 Å². The van der Waals surface area contributed by atoms with Crippen LogP contribution in [-0.4, -0.2) is 34.3 Å². The third kappa shape index (κ3) is 3.65. The highest BCUT2D eigenvalue weighted by atomic mass is 15.3. The SMILES string of the molecule is c1ccc(C[C@@H]2CCN(Cc3cc4n(n3)CCCNC4)C2)cc1. The molecule has 0 radical (unpaired) electrons. The van der Waals surface area contributed by atoms with Crippen LogP contribution < -0.4 is 5.32 Å². The molecule has 4 rings (SSSR count). The van der Waals surface area contributed by atoms with Crippen LogP contribution in [0.2, 0.25) is 0 Å². The van der Waals surface area contributed by atoms with Crippen molar-refractivity contribution >= 4 is 0 Å². The molecule has 2 aliphatic rings. The van der Waals surface area contributed by atoms with Gasteiger partial charge < -0.3 is 5.32 Å². The highest BCUT2D eigenvalue weighted by Crippen LogP contribution is 2.22. The molecule has 4 nitrogen and oxygen atoms in total. The molecule has 23 heavy (non-hydrogen) atoms. The predicted molar refractivity (Wildman–Crippen MR) is 92.1 cm³/mol. The van der Waals surface area contributed by atoms with E-state index in [0.717, 1.165) is 32.1 Å². The largest absolute Gasteiger partial charge is 0.311 e. The van der Waals surface area contributed by atoms with E-state index in [0.29, 0.717) is 0 Å². The van der Waals surface area contributed by atoms with Gasteiger partial charge in [0.1, 0.15) is 0 Å². The molecule has 3 heterocycles. The van der Waals surface area contributed by atoms with Crippen LogP contribution in [0.5, 0.6) is 0 Å². The number of aromatic nitrogens is 2. The quantitative estimate of drug-likeness (QED) is 0.941. The number of fused-ring (bicyclic) bond motifs is 1. The second kappa shape index (κ2) is 6.85. The van der Waals surface area contributed by atoms with Gasteiger partial charge in [-0.25, -0.2) is 0 Å². The van der Waals surface area contributed by atoms with Crippen molar-refractivity contribution in [3.05, 3.63) is 53.3 Å². The van der Waals surface area contributed by atoms with E-state index in [1.807, 2.05) is 0 Å². The van der Waals surface area contributed by atoms with Gasteiger partial charge in [-0.1, -0.05) is 30.3 Å². The fraction of sp³-hybridized carbons (Fsp3) is 0.526. The van der Waals surface area contributed by atoms with E-state index in [-0.39, 0.29) is 0 Å². The van der Waals surface area contributed by atoms with E-state index in [1.54, 1.807) is 0 Å². The first-order valence-electron chi connectivity index (χ1n) is 8.89. The van der Waals surface area contributed by atoms with E-state index in [9.17, 15) is 0 Å². The number of rotatable bonds is 4. The Hall–Kier alpha value is -1.65. The Morgan fingerprint density at radius 1 is 1.17 bits per heavy atom. The van der Waals surface area contributed by atoms with E-state index in [2.05, 4.69) is 51.3 Å². The first-order chi connectivity index (χ1) is 11.4. The number of hydrogen-bond donors (Lipinski definition) is 1. The van der Waals surface area contributed by atoms with Gasteiger partial charge in [0, 0.05) is 26.2 Å². The number of aryl methyl sites for hydroxylation is 1. The molecule has 2 aromatic rings. The summed E-state index contributed by atoms with van der Waals surface area (Å²) in [4.78, 5) is 2.57. The summed E-state index contributed by atoms with van der Waals surface area (Å²) in [6, 6.07) is 13.2. The maximum Gasteiger partial charge on any atom is 0.0768 e. The highest BCUT2D eigenvalue weighted by molar-refractivity contribution is 5.16. The van der Waals surface area contributed by atoms with Crippen LogP contribution in [0.3, 0.4) is 0 Å². The lowest BCUT2D eigenvalue weighted by atomic mass is 9.99. The third-order valence-corrected chi connectivity index (χ3v) is 5.07. The second-order valence-electron chi connectivity index (χ2n) is 6.96. The zero-order valence-electron chi connectivity index (χ0n) is 13.7. The van der Waals surface area contributed by atoms with Crippen LogP contribution in [0.4, 0.5) is 0 Å². The monoisotopic (exact) mass is 310 g/mol. The summed E-state index contributed by atoms with van der Waals surface area (Å²) >= 11 is 0. The van der Waals surface area contributed by atoms with E-state index < -0.39 is 0 Å². The Balaban J connectivity index is 1.34. The summed E-state index contributed by atoms with van der Waals surface area (Å²) in [6.45, 7) is 6.53. The molecular weight excluding hydrogens is 284 g/mol. The average Bonchev–Trinajstić information content (AvgIpc) is 3.10. The molecule has 1 fully saturated rings. The average molecular weight is 310 g/mol. The number of nitrogens with one attached hydrogen (secondary N) is 1. The lowest BCUT2D eigenvalue weighted by Crippen LogP contribution is -2.21. The molecule has 1 saturated heterocycles. The van der Waals surface area contributed by atoms with E-state index in [4.69, 9.17) is 5.10 Å². The summed E-state index contributed by atoms with van der Waals surface area (Å²) in [5, 5.41) is 8.29. The summed E-state index contributed by atoms with van der Waals surface area (Å²) < 4.78 is 2.20. The molecular formula is C19H26N4. The highest BCUT2D eigenvalue weighted by Gasteiger charge is 2.23. The molecule has 1 N–H and O–H groups in total. The van der Waals surface area contributed by atoms with E-state index >= 15 is 0 Å². The van der Waals surface area contributed by atoms with Gasteiger partial charge in [0.15, 0.2) is 0 Å². The zero-order chi connectivity index (χ0) is 15.5. The molecule has 0 spiro atoms. The molecule has 1 atom stereocenters. The zero-order valence-corrected chi connectivity index (χ0v) is 13.7. The van der Waals surface area contributed by atoms with Gasteiger partial charge in [-0.2, -0.15) is 5.10 Å². The maximum absolute atomic E-state index is 4.82. The van der Waals surface area contributed by atoms with Crippen molar-refractivity contribution in [3.63, 3.8) is 0 Å². The van der Waals surface area contributed by atoms with Crippen LogP contribution >= 0.6 is 0 Å². The Morgan fingerprint density at radius 3 is 3.00 bits per heavy atom. The van der Waals surface area contributed by atoms with Crippen molar-refractivity contribution in [3.8, 4) is 0 Å². The number of benzene rings is 1. The molecule has 0 amide bonds. The van der Waals surface area contributed by atoms with Gasteiger partial charge in [-0.05, 0) is 49.9 Å². The first kappa shape index (κ1) is 14.9. The number of likely N-dealkylation sites (tertiary alicyclic amines) is 1. The van der Waals surface area contributed by atoms with Crippen LogP contribution in [0, 0.1) is 5.92 Å². The molecule has 1 aromatic carbocycles. The van der Waals surface area contributed by atoms with Crippen molar-refractivity contribution in [2.75, 3.05) is 19.6 Å². The third-order valence-electron chi connectivity index (χ3n) is 5.07. The van der Waals surface area contributed by atoms with Crippen molar-refractivity contribution in [2.24, 2.45) is 5.92 Å². The Morgan fingerprint density at radius 2 is 2.09 bits per heavy atom. The van der Waals surface area contributed by atoms with Gasteiger partial charge in [-0.15, -0.1) is 0 Å². The molecule has 0 unspecified atom stereocenters. The summed E-state index contributed by atoms with van der Waals surface area (Å²) in [5.74, 6) is 0.791. The van der Waals surface area contributed by atoms with Gasteiger partial charge in [0.25, 0.3) is 0 Å². The number of hydrogen-bond acceptors (Lipinski definition) is 3. The summed E-state index contributed by atoms with van der Waals surface area (Å²) in [6.07, 6.45) is 3.70. The first-order valence-corrected chi connectivity index (χ1v) is 8.89. The number of nitrogens with zero attached hydrogens (tertiary/aromatic N) is 3. The predicted octanol–water partition coefficient (Wildman–Crippen LogP) is 2.44. The van der Waals surface area contributed by atoms with Crippen molar-refractivity contribution in [1.29, 1.82) is 0 Å². The molecule has 1 aromatic heterocycles. The van der Waals surface area contributed by atoms with Gasteiger partial charge >= 0.3 is 0 Å². The molecule has 122 valence electrons. The molecule has 0 saturated carbocycles. The van der Waals surface area contributed by atoms with Crippen molar-refractivity contribution in [2.45, 2.75) is 38.9 Å². The summed E-state index contributed by atoms with van der Waals surface area (Å²) in [5.41, 5.74) is 4.06. The Kier molecular flexibility index (Phi) is 4.44. The van der Waals surface area contributed by atoms with Crippen molar-refractivity contribution in [1.82, 2.24) is 20.0 Å².